The third-order valence-corrected chi connectivity index (χ3v) is 3.41. The second-order valence-corrected chi connectivity index (χ2v) is 4.79. The van der Waals surface area contributed by atoms with Crippen LogP contribution >= 0.6 is 0 Å². The molecule has 1 aliphatic heterocycles. The van der Waals surface area contributed by atoms with E-state index in [4.69, 9.17) is 9.84 Å². The van der Waals surface area contributed by atoms with Crippen molar-refractivity contribution in [2.45, 2.75) is 38.1 Å². The molecule has 0 unspecified atom stereocenters. The summed E-state index contributed by atoms with van der Waals surface area (Å²) in [5, 5.41) is 8.70. The first kappa shape index (κ1) is 12.4. The number of hydrogen-bond acceptors (Lipinski definition) is 3. The summed E-state index contributed by atoms with van der Waals surface area (Å²) in [6, 6.07) is 0.296. The zero-order valence-corrected chi connectivity index (χ0v) is 9.93. The SMILES string of the molecule is O=C(O)CCN(C(=O)C1CCOCC1)C1CC1. The molecule has 1 aliphatic carbocycles. The number of carboxylic acid groups (broad SMARTS) is 1. The van der Waals surface area contributed by atoms with Gasteiger partial charge < -0.3 is 14.7 Å². The van der Waals surface area contributed by atoms with E-state index >= 15 is 0 Å². The number of ether oxygens (including phenoxy) is 1. The predicted octanol–water partition coefficient (Wildman–Crippen LogP) is 0.879. The standard InChI is InChI=1S/C12H19NO4/c14-11(15)3-6-13(10-1-2-10)12(16)9-4-7-17-8-5-9/h9-10H,1-8H2,(H,14,15). The molecule has 96 valence electrons. The molecule has 1 heterocycles. The maximum Gasteiger partial charge on any atom is 0.305 e. The first-order valence-corrected chi connectivity index (χ1v) is 6.28. The molecule has 2 fully saturated rings. The molecular weight excluding hydrogens is 222 g/mol. The van der Waals surface area contributed by atoms with Gasteiger partial charge in [-0.25, -0.2) is 0 Å². The maximum absolute atomic E-state index is 12.3. The Labute approximate surface area is 101 Å². The molecule has 5 heteroatoms. The number of hydrogen-bond donors (Lipinski definition) is 1. The van der Waals surface area contributed by atoms with Gasteiger partial charge in [0.2, 0.25) is 5.91 Å². The average Bonchev–Trinajstić information content (AvgIpc) is 3.14. The highest BCUT2D eigenvalue weighted by atomic mass is 16.5. The minimum absolute atomic E-state index is 0.0399. The summed E-state index contributed by atoms with van der Waals surface area (Å²) in [5.74, 6) is -0.661. The van der Waals surface area contributed by atoms with E-state index < -0.39 is 5.97 Å². The number of carbonyl (C=O) groups excluding carboxylic acids is 1. The summed E-state index contributed by atoms with van der Waals surface area (Å²) in [6.07, 6.45) is 3.64. The monoisotopic (exact) mass is 241 g/mol. The van der Waals surface area contributed by atoms with Gasteiger partial charge in [-0.2, -0.15) is 0 Å². The largest absolute Gasteiger partial charge is 0.481 e. The fourth-order valence-corrected chi connectivity index (χ4v) is 2.25. The van der Waals surface area contributed by atoms with Crippen LogP contribution in [0.2, 0.25) is 0 Å². The number of amides is 1. The number of carboxylic acids is 1. The van der Waals surface area contributed by atoms with Crippen molar-refractivity contribution in [1.82, 2.24) is 4.90 Å². The summed E-state index contributed by atoms with van der Waals surface area (Å²) in [5.41, 5.74) is 0. The van der Waals surface area contributed by atoms with Crippen LogP contribution in [0.25, 0.3) is 0 Å². The van der Waals surface area contributed by atoms with Crippen LogP contribution in [-0.4, -0.2) is 47.7 Å². The predicted molar refractivity (Wildman–Crippen MR) is 60.5 cm³/mol. The van der Waals surface area contributed by atoms with Crippen LogP contribution in [0.3, 0.4) is 0 Å². The average molecular weight is 241 g/mol. The van der Waals surface area contributed by atoms with Crippen LogP contribution in [0, 0.1) is 5.92 Å². The van der Waals surface area contributed by atoms with E-state index in [9.17, 15) is 9.59 Å². The summed E-state index contributed by atoms with van der Waals surface area (Å²) in [6.45, 7) is 1.65. The fraction of sp³-hybridized carbons (Fsp3) is 0.833. The lowest BCUT2D eigenvalue weighted by atomic mass is 9.98. The Morgan fingerprint density at radius 3 is 2.35 bits per heavy atom. The normalized spacial score (nSPS) is 21.2. The highest BCUT2D eigenvalue weighted by Gasteiger charge is 2.36. The zero-order chi connectivity index (χ0) is 12.3. The zero-order valence-electron chi connectivity index (χ0n) is 9.93. The Balaban J connectivity index is 1.89. The summed E-state index contributed by atoms with van der Waals surface area (Å²) >= 11 is 0. The van der Waals surface area contributed by atoms with Crippen LogP contribution < -0.4 is 0 Å². The van der Waals surface area contributed by atoms with E-state index in [2.05, 4.69) is 0 Å². The van der Waals surface area contributed by atoms with Crippen molar-refractivity contribution in [1.29, 1.82) is 0 Å². The quantitative estimate of drug-likeness (QED) is 0.776. The fourth-order valence-electron chi connectivity index (χ4n) is 2.25. The van der Waals surface area contributed by atoms with Crippen molar-refractivity contribution in [3.63, 3.8) is 0 Å². The third-order valence-electron chi connectivity index (χ3n) is 3.41. The molecule has 0 aromatic heterocycles. The second-order valence-electron chi connectivity index (χ2n) is 4.79. The van der Waals surface area contributed by atoms with Crippen molar-refractivity contribution in [3.05, 3.63) is 0 Å². The van der Waals surface area contributed by atoms with Gasteiger partial charge in [0, 0.05) is 31.7 Å². The van der Waals surface area contributed by atoms with Crippen molar-refractivity contribution in [3.8, 4) is 0 Å². The number of carbonyl (C=O) groups is 2. The Morgan fingerprint density at radius 2 is 1.82 bits per heavy atom. The summed E-state index contributed by atoms with van der Waals surface area (Å²) < 4.78 is 5.24. The molecule has 0 radical (unpaired) electrons. The molecule has 1 saturated carbocycles. The summed E-state index contributed by atoms with van der Waals surface area (Å²) in [4.78, 5) is 24.6. The molecule has 1 saturated heterocycles. The van der Waals surface area contributed by atoms with Crippen molar-refractivity contribution in [2.24, 2.45) is 5.92 Å². The van der Waals surface area contributed by atoms with Crippen LogP contribution in [0.5, 0.6) is 0 Å². The van der Waals surface area contributed by atoms with Crippen LogP contribution in [0.15, 0.2) is 0 Å². The van der Waals surface area contributed by atoms with E-state index in [-0.39, 0.29) is 18.2 Å². The lowest BCUT2D eigenvalue weighted by Crippen LogP contribution is -2.41. The molecule has 1 N–H and O–H groups in total. The number of rotatable bonds is 5. The minimum atomic E-state index is -0.838. The smallest absolute Gasteiger partial charge is 0.305 e. The first-order chi connectivity index (χ1) is 8.18. The van der Waals surface area contributed by atoms with Crippen LogP contribution in [0.4, 0.5) is 0 Å². The van der Waals surface area contributed by atoms with Crippen molar-refractivity contribution >= 4 is 11.9 Å². The topological polar surface area (TPSA) is 66.8 Å². The lowest BCUT2D eigenvalue weighted by molar-refractivity contribution is -0.141. The highest BCUT2D eigenvalue weighted by Crippen LogP contribution is 2.30. The molecule has 0 spiro atoms. The van der Waals surface area contributed by atoms with Gasteiger partial charge in [-0.3, -0.25) is 9.59 Å². The number of aliphatic carboxylic acids is 1. The highest BCUT2D eigenvalue weighted by molar-refractivity contribution is 5.80. The number of nitrogens with zero attached hydrogens (tertiary/aromatic N) is 1. The van der Waals surface area contributed by atoms with Crippen molar-refractivity contribution in [2.75, 3.05) is 19.8 Å². The third kappa shape index (κ3) is 3.43. The van der Waals surface area contributed by atoms with E-state index in [0.717, 1.165) is 25.7 Å². The summed E-state index contributed by atoms with van der Waals surface area (Å²) in [7, 11) is 0. The van der Waals surface area contributed by atoms with Crippen LogP contribution in [-0.2, 0) is 14.3 Å². The molecule has 0 aromatic rings. The molecule has 17 heavy (non-hydrogen) atoms. The second kappa shape index (κ2) is 5.49. The molecule has 1 amide bonds. The minimum Gasteiger partial charge on any atom is -0.481 e. The van der Waals surface area contributed by atoms with Gasteiger partial charge in [-0.15, -0.1) is 0 Å². The van der Waals surface area contributed by atoms with Gasteiger partial charge >= 0.3 is 5.97 Å². The Hall–Kier alpha value is -1.10. The van der Waals surface area contributed by atoms with Crippen LogP contribution in [0.1, 0.15) is 32.1 Å². The lowest BCUT2D eigenvalue weighted by Gasteiger charge is -2.29. The Kier molecular flexibility index (Phi) is 3.99. The van der Waals surface area contributed by atoms with E-state index in [0.29, 0.717) is 25.8 Å². The van der Waals surface area contributed by atoms with Gasteiger partial charge in [0.05, 0.1) is 6.42 Å². The molecule has 2 aliphatic rings. The first-order valence-electron chi connectivity index (χ1n) is 6.28. The van der Waals surface area contributed by atoms with E-state index in [1.165, 1.54) is 0 Å². The van der Waals surface area contributed by atoms with Gasteiger partial charge in [0.1, 0.15) is 0 Å². The van der Waals surface area contributed by atoms with Crippen molar-refractivity contribution < 1.29 is 19.4 Å². The van der Waals surface area contributed by atoms with E-state index in [1.807, 2.05) is 0 Å². The Bertz CT molecular complexity index is 295. The van der Waals surface area contributed by atoms with Gasteiger partial charge in [0.25, 0.3) is 0 Å². The molecule has 2 rings (SSSR count). The Morgan fingerprint density at radius 1 is 1.18 bits per heavy atom. The van der Waals surface area contributed by atoms with E-state index in [1.54, 1.807) is 4.90 Å². The van der Waals surface area contributed by atoms with Gasteiger partial charge in [-0.05, 0) is 25.7 Å². The molecule has 0 atom stereocenters. The van der Waals surface area contributed by atoms with Gasteiger partial charge in [-0.1, -0.05) is 0 Å². The molecular formula is C12H19NO4. The maximum atomic E-state index is 12.3. The van der Waals surface area contributed by atoms with Gasteiger partial charge in [0.15, 0.2) is 0 Å². The molecule has 0 aromatic carbocycles. The molecule has 5 nitrogen and oxygen atoms in total. The molecule has 0 bridgehead atoms.